The van der Waals surface area contributed by atoms with Crippen LogP contribution in [-0.4, -0.2) is 31.3 Å². The number of phenols is 1. The molecule has 1 heterocycles. The van der Waals surface area contributed by atoms with Crippen molar-refractivity contribution in [3.63, 3.8) is 0 Å². The van der Waals surface area contributed by atoms with Gasteiger partial charge in [0.15, 0.2) is 23.0 Å². The molecule has 1 amide bonds. The molecule has 0 spiro atoms. The van der Waals surface area contributed by atoms with Crippen molar-refractivity contribution in [3.8, 4) is 29.1 Å². The molecule has 0 saturated carbocycles. The van der Waals surface area contributed by atoms with Crippen LogP contribution in [0.1, 0.15) is 5.56 Å². The van der Waals surface area contributed by atoms with Crippen LogP contribution in [0.4, 0.5) is 5.69 Å². The van der Waals surface area contributed by atoms with E-state index in [0.29, 0.717) is 36.0 Å². The molecule has 0 aromatic heterocycles. The Kier molecular flexibility index (Phi) is 4.94. The van der Waals surface area contributed by atoms with Gasteiger partial charge in [0.2, 0.25) is 0 Å². The maximum Gasteiger partial charge on any atom is 0.266 e. The second kappa shape index (κ2) is 7.49. The van der Waals surface area contributed by atoms with Crippen molar-refractivity contribution >= 4 is 17.7 Å². The minimum absolute atomic E-state index is 0.0242. The number of carbonyl (C=O) groups excluding carboxylic acids is 1. The van der Waals surface area contributed by atoms with Crippen molar-refractivity contribution < 1.29 is 24.1 Å². The van der Waals surface area contributed by atoms with Crippen molar-refractivity contribution in [2.24, 2.45) is 0 Å². The fourth-order valence-corrected chi connectivity index (χ4v) is 2.42. The van der Waals surface area contributed by atoms with Crippen LogP contribution in [0.15, 0.2) is 42.0 Å². The molecule has 1 aliphatic rings. The molecule has 0 aliphatic carbocycles. The molecule has 2 N–H and O–H groups in total. The fraction of sp³-hybridized carbons (Fsp3) is 0.158. The highest BCUT2D eigenvalue weighted by Gasteiger charge is 2.15. The van der Waals surface area contributed by atoms with Crippen molar-refractivity contribution in [2.45, 2.75) is 0 Å². The van der Waals surface area contributed by atoms with E-state index in [1.54, 1.807) is 24.3 Å². The molecule has 0 radical (unpaired) electrons. The van der Waals surface area contributed by atoms with Crippen LogP contribution >= 0.6 is 0 Å². The molecule has 3 rings (SSSR count). The van der Waals surface area contributed by atoms with Crippen LogP contribution in [0.25, 0.3) is 6.08 Å². The predicted molar refractivity (Wildman–Crippen MR) is 94.3 cm³/mol. The average Bonchev–Trinajstić information content (AvgIpc) is 2.67. The zero-order valence-corrected chi connectivity index (χ0v) is 14.0. The van der Waals surface area contributed by atoms with Crippen LogP contribution in [0.5, 0.6) is 23.0 Å². The molecular formula is C19H16N2O5. The summed E-state index contributed by atoms with van der Waals surface area (Å²) >= 11 is 0. The SMILES string of the molecule is COc1cc(/C=C(\C#N)C(=O)Nc2ccc3c(c2)OCCO3)ccc1O. The summed E-state index contributed by atoms with van der Waals surface area (Å²) in [4.78, 5) is 12.4. The molecule has 0 atom stereocenters. The number of phenolic OH excluding ortho intramolecular Hbond substituents is 1. The van der Waals surface area contributed by atoms with E-state index in [-0.39, 0.29) is 17.1 Å². The quantitative estimate of drug-likeness (QED) is 0.648. The van der Waals surface area contributed by atoms with Gasteiger partial charge in [-0.15, -0.1) is 0 Å². The second-order valence-electron chi connectivity index (χ2n) is 5.41. The molecule has 2 aromatic carbocycles. The maximum atomic E-state index is 12.4. The molecule has 26 heavy (non-hydrogen) atoms. The van der Waals surface area contributed by atoms with E-state index >= 15 is 0 Å². The van der Waals surface area contributed by atoms with Gasteiger partial charge in [-0.05, 0) is 35.9 Å². The molecule has 132 valence electrons. The number of ether oxygens (including phenoxy) is 3. The van der Waals surface area contributed by atoms with Gasteiger partial charge < -0.3 is 24.6 Å². The second-order valence-corrected chi connectivity index (χ2v) is 5.41. The Hall–Kier alpha value is -3.66. The van der Waals surface area contributed by atoms with E-state index in [2.05, 4.69) is 5.32 Å². The summed E-state index contributed by atoms with van der Waals surface area (Å²) in [6, 6.07) is 11.4. The summed E-state index contributed by atoms with van der Waals surface area (Å²) in [6.07, 6.45) is 1.41. The van der Waals surface area contributed by atoms with Crippen molar-refractivity contribution in [3.05, 3.63) is 47.5 Å². The Morgan fingerprint density at radius 2 is 2.00 bits per heavy atom. The van der Waals surface area contributed by atoms with Gasteiger partial charge in [0.05, 0.1) is 7.11 Å². The third kappa shape index (κ3) is 3.70. The van der Waals surface area contributed by atoms with E-state index in [0.717, 1.165) is 0 Å². The van der Waals surface area contributed by atoms with Gasteiger partial charge in [0.25, 0.3) is 5.91 Å². The lowest BCUT2D eigenvalue weighted by atomic mass is 10.1. The topological polar surface area (TPSA) is 101 Å². The summed E-state index contributed by atoms with van der Waals surface area (Å²) in [5.74, 6) is 0.824. The summed E-state index contributed by atoms with van der Waals surface area (Å²) in [5.41, 5.74) is 0.949. The standard InChI is InChI=1S/C19H16N2O5/c1-24-17-9-12(2-4-15(17)22)8-13(11-20)19(23)21-14-3-5-16-18(10-14)26-7-6-25-16/h2-5,8-10,22H,6-7H2,1H3,(H,21,23)/b13-8+. The predicted octanol–water partition coefficient (Wildman–Crippen LogP) is 2.72. The number of amides is 1. The van der Waals surface area contributed by atoms with Gasteiger partial charge in [0.1, 0.15) is 24.9 Å². The highest BCUT2D eigenvalue weighted by atomic mass is 16.6. The van der Waals surface area contributed by atoms with Gasteiger partial charge in [-0.1, -0.05) is 6.07 Å². The zero-order valence-electron chi connectivity index (χ0n) is 14.0. The molecule has 7 nitrogen and oxygen atoms in total. The van der Waals surface area contributed by atoms with Gasteiger partial charge in [0, 0.05) is 11.8 Å². The molecule has 0 saturated heterocycles. The number of nitrogens with one attached hydrogen (secondary N) is 1. The minimum Gasteiger partial charge on any atom is -0.504 e. The lowest BCUT2D eigenvalue weighted by Crippen LogP contribution is -2.17. The average molecular weight is 352 g/mol. The van der Waals surface area contributed by atoms with Crippen LogP contribution in [0, 0.1) is 11.3 Å². The molecule has 0 unspecified atom stereocenters. The summed E-state index contributed by atoms with van der Waals surface area (Å²) < 4.78 is 15.9. The lowest BCUT2D eigenvalue weighted by molar-refractivity contribution is -0.112. The first-order chi connectivity index (χ1) is 12.6. The number of anilines is 1. The molecule has 0 fully saturated rings. The fourth-order valence-electron chi connectivity index (χ4n) is 2.42. The molecule has 7 heteroatoms. The van der Waals surface area contributed by atoms with Crippen LogP contribution in [0.2, 0.25) is 0 Å². The van der Waals surface area contributed by atoms with E-state index < -0.39 is 5.91 Å². The van der Waals surface area contributed by atoms with E-state index in [4.69, 9.17) is 14.2 Å². The number of aromatic hydroxyl groups is 1. The number of rotatable bonds is 4. The number of hydrogen-bond acceptors (Lipinski definition) is 6. The minimum atomic E-state index is -0.559. The number of carbonyl (C=O) groups is 1. The summed E-state index contributed by atoms with van der Waals surface area (Å²) in [6.45, 7) is 0.923. The van der Waals surface area contributed by atoms with Crippen molar-refractivity contribution in [2.75, 3.05) is 25.6 Å². The van der Waals surface area contributed by atoms with Gasteiger partial charge >= 0.3 is 0 Å². The number of nitrogens with zero attached hydrogens (tertiary/aromatic N) is 1. The first-order valence-electron chi connectivity index (χ1n) is 7.80. The van der Waals surface area contributed by atoms with Crippen LogP contribution in [-0.2, 0) is 4.79 Å². The number of hydrogen-bond donors (Lipinski definition) is 2. The van der Waals surface area contributed by atoms with E-state index in [9.17, 15) is 15.2 Å². The monoisotopic (exact) mass is 352 g/mol. The van der Waals surface area contributed by atoms with E-state index in [1.807, 2.05) is 6.07 Å². The van der Waals surface area contributed by atoms with Crippen LogP contribution < -0.4 is 19.5 Å². The number of methoxy groups -OCH3 is 1. The number of benzene rings is 2. The normalized spacial score (nSPS) is 12.8. The van der Waals surface area contributed by atoms with Crippen LogP contribution in [0.3, 0.4) is 0 Å². The van der Waals surface area contributed by atoms with Gasteiger partial charge in [-0.2, -0.15) is 5.26 Å². The Labute approximate surface area is 150 Å². The third-order valence-corrected chi connectivity index (χ3v) is 3.68. The molecule has 0 bridgehead atoms. The Bertz CT molecular complexity index is 915. The lowest BCUT2D eigenvalue weighted by Gasteiger charge is -2.18. The molecular weight excluding hydrogens is 336 g/mol. The molecule has 2 aromatic rings. The van der Waals surface area contributed by atoms with Crippen molar-refractivity contribution in [1.82, 2.24) is 0 Å². The first kappa shape index (κ1) is 17.2. The van der Waals surface area contributed by atoms with Gasteiger partial charge in [-0.25, -0.2) is 0 Å². The Morgan fingerprint density at radius 3 is 2.73 bits per heavy atom. The van der Waals surface area contributed by atoms with Crippen molar-refractivity contribution in [1.29, 1.82) is 5.26 Å². The highest BCUT2D eigenvalue weighted by Crippen LogP contribution is 2.33. The third-order valence-electron chi connectivity index (χ3n) is 3.68. The number of fused-ring (bicyclic) bond motifs is 1. The largest absolute Gasteiger partial charge is 0.504 e. The first-order valence-corrected chi connectivity index (χ1v) is 7.80. The highest BCUT2D eigenvalue weighted by molar-refractivity contribution is 6.09. The smallest absolute Gasteiger partial charge is 0.266 e. The Balaban J connectivity index is 1.80. The maximum absolute atomic E-state index is 12.4. The Morgan fingerprint density at radius 1 is 1.23 bits per heavy atom. The number of nitriles is 1. The van der Waals surface area contributed by atoms with E-state index in [1.165, 1.54) is 25.3 Å². The van der Waals surface area contributed by atoms with Gasteiger partial charge in [-0.3, -0.25) is 4.79 Å². The molecule has 1 aliphatic heterocycles. The summed E-state index contributed by atoms with van der Waals surface area (Å²) in [7, 11) is 1.42. The zero-order chi connectivity index (χ0) is 18.5. The summed E-state index contributed by atoms with van der Waals surface area (Å²) in [5, 5.41) is 21.6.